The first-order chi connectivity index (χ1) is 7.02. The summed E-state index contributed by atoms with van der Waals surface area (Å²) in [4.78, 5) is 10.6. The Bertz CT molecular complexity index is 365. The normalized spacial score (nSPS) is 13.2. The van der Waals surface area contributed by atoms with Gasteiger partial charge in [-0.05, 0) is 13.3 Å². The highest BCUT2D eigenvalue weighted by Gasteiger charge is 2.24. The van der Waals surface area contributed by atoms with E-state index in [4.69, 9.17) is 11.6 Å². The fraction of sp³-hybridized carbons (Fsp3) is 0.556. The van der Waals surface area contributed by atoms with E-state index in [-0.39, 0.29) is 16.8 Å². The van der Waals surface area contributed by atoms with Gasteiger partial charge in [-0.15, -0.1) is 0 Å². The molecule has 0 bridgehead atoms. The molecule has 0 aliphatic heterocycles. The second-order valence-corrected chi connectivity index (χ2v) is 3.57. The van der Waals surface area contributed by atoms with Crippen LogP contribution >= 0.6 is 11.6 Å². The third kappa shape index (κ3) is 2.17. The number of hydrogen-bond acceptors (Lipinski definition) is 2. The molecule has 0 aromatic carbocycles. The fourth-order valence-electron chi connectivity index (χ4n) is 1.18. The van der Waals surface area contributed by atoms with Crippen molar-refractivity contribution in [2.75, 3.05) is 0 Å². The SMILES string of the molecule is CCC(C)n1nc(C(F)F)c(C=O)c1Cl. The van der Waals surface area contributed by atoms with Gasteiger partial charge >= 0.3 is 0 Å². The molecule has 1 aromatic heterocycles. The van der Waals surface area contributed by atoms with Crippen LogP contribution in [0.4, 0.5) is 8.78 Å². The van der Waals surface area contributed by atoms with E-state index in [0.717, 1.165) is 0 Å². The lowest BCUT2D eigenvalue weighted by Gasteiger charge is -2.09. The van der Waals surface area contributed by atoms with Gasteiger partial charge in [0.2, 0.25) is 0 Å². The van der Waals surface area contributed by atoms with Crippen molar-refractivity contribution in [3.8, 4) is 0 Å². The molecule has 1 atom stereocenters. The molecular formula is C9H11ClF2N2O. The number of aromatic nitrogens is 2. The molecule has 0 amide bonds. The van der Waals surface area contributed by atoms with Crippen LogP contribution in [0.3, 0.4) is 0 Å². The summed E-state index contributed by atoms with van der Waals surface area (Å²) in [5, 5.41) is 3.64. The van der Waals surface area contributed by atoms with Crippen LogP contribution in [0.25, 0.3) is 0 Å². The number of carbonyl (C=O) groups excluding carboxylic acids is 1. The van der Waals surface area contributed by atoms with Gasteiger partial charge in [0.1, 0.15) is 10.8 Å². The van der Waals surface area contributed by atoms with Crippen molar-refractivity contribution in [1.29, 1.82) is 0 Å². The van der Waals surface area contributed by atoms with Crippen LogP contribution < -0.4 is 0 Å². The third-order valence-corrected chi connectivity index (χ3v) is 2.62. The Labute approximate surface area is 91.0 Å². The Morgan fingerprint density at radius 2 is 2.20 bits per heavy atom. The van der Waals surface area contributed by atoms with Crippen molar-refractivity contribution in [3.05, 3.63) is 16.4 Å². The molecule has 1 rings (SSSR count). The van der Waals surface area contributed by atoms with Crippen molar-refractivity contribution in [1.82, 2.24) is 9.78 Å². The number of carbonyl (C=O) groups is 1. The molecule has 1 heterocycles. The minimum Gasteiger partial charge on any atom is -0.298 e. The molecule has 0 spiro atoms. The molecule has 3 nitrogen and oxygen atoms in total. The second-order valence-electron chi connectivity index (χ2n) is 3.21. The summed E-state index contributed by atoms with van der Waals surface area (Å²) in [5.41, 5.74) is -0.762. The van der Waals surface area contributed by atoms with E-state index in [1.54, 1.807) is 6.92 Å². The van der Waals surface area contributed by atoms with Gasteiger partial charge in [0.05, 0.1) is 11.6 Å². The molecule has 0 N–H and O–H groups in total. The molecule has 6 heteroatoms. The summed E-state index contributed by atoms with van der Waals surface area (Å²) in [6, 6.07) is -0.108. The van der Waals surface area contributed by atoms with Gasteiger partial charge in [-0.3, -0.25) is 9.48 Å². The topological polar surface area (TPSA) is 34.9 Å². The number of nitrogens with zero attached hydrogens (tertiary/aromatic N) is 2. The summed E-state index contributed by atoms with van der Waals surface area (Å²) in [7, 11) is 0. The molecule has 0 aliphatic rings. The van der Waals surface area contributed by atoms with E-state index in [1.807, 2.05) is 6.92 Å². The molecule has 1 unspecified atom stereocenters. The maximum Gasteiger partial charge on any atom is 0.282 e. The lowest BCUT2D eigenvalue weighted by molar-refractivity contribution is 0.110. The van der Waals surface area contributed by atoms with Gasteiger partial charge in [0.15, 0.2) is 6.29 Å². The van der Waals surface area contributed by atoms with E-state index >= 15 is 0 Å². The summed E-state index contributed by atoms with van der Waals surface area (Å²) >= 11 is 5.78. The zero-order valence-corrected chi connectivity index (χ0v) is 9.13. The summed E-state index contributed by atoms with van der Waals surface area (Å²) in [6.07, 6.45) is -1.77. The average molecular weight is 237 g/mol. The number of rotatable bonds is 4. The van der Waals surface area contributed by atoms with Crippen LogP contribution in [0.5, 0.6) is 0 Å². The highest BCUT2D eigenvalue weighted by Crippen LogP contribution is 2.29. The number of hydrogen-bond donors (Lipinski definition) is 0. The highest BCUT2D eigenvalue weighted by molar-refractivity contribution is 6.32. The lowest BCUT2D eigenvalue weighted by atomic mass is 10.2. The van der Waals surface area contributed by atoms with E-state index < -0.39 is 12.1 Å². The Balaban J connectivity index is 3.26. The Hall–Kier alpha value is -0.970. The van der Waals surface area contributed by atoms with E-state index in [0.29, 0.717) is 12.7 Å². The minimum absolute atomic E-state index is 0.0188. The highest BCUT2D eigenvalue weighted by atomic mass is 35.5. The number of alkyl halides is 2. The molecule has 0 saturated heterocycles. The Morgan fingerprint density at radius 1 is 1.60 bits per heavy atom. The van der Waals surface area contributed by atoms with E-state index in [2.05, 4.69) is 5.10 Å². The van der Waals surface area contributed by atoms with Crippen molar-refractivity contribution >= 4 is 17.9 Å². The van der Waals surface area contributed by atoms with Gasteiger partial charge in [-0.2, -0.15) is 5.10 Å². The monoisotopic (exact) mass is 236 g/mol. The van der Waals surface area contributed by atoms with Gasteiger partial charge in [-0.1, -0.05) is 18.5 Å². The maximum atomic E-state index is 12.5. The fourth-order valence-corrected chi connectivity index (χ4v) is 1.52. The van der Waals surface area contributed by atoms with Crippen molar-refractivity contribution in [3.63, 3.8) is 0 Å². The first-order valence-electron chi connectivity index (χ1n) is 4.54. The number of aldehydes is 1. The zero-order valence-electron chi connectivity index (χ0n) is 8.38. The lowest BCUT2D eigenvalue weighted by Crippen LogP contribution is -2.06. The predicted molar refractivity (Wildman–Crippen MR) is 52.6 cm³/mol. The molecule has 84 valence electrons. The van der Waals surface area contributed by atoms with E-state index in [9.17, 15) is 13.6 Å². The predicted octanol–water partition coefficient (Wildman–Crippen LogP) is 3.26. The summed E-state index contributed by atoms with van der Waals surface area (Å²) in [6.45, 7) is 3.67. The average Bonchev–Trinajstić information content (AvgIpc) is 2.54. The first-order valence-corrected chi connectivity index (χ1v) is 4.91. The third-order valence-electron chi connectivity index (χ3n) is 2.25. The quantitative estimate of drug-likeness (QED) is 0.752. The van der Waals surface area contributed by atoms with Crippen LogP contribution in [0.15, 0.2) is 0 Å². The zero-order chi connectivity index (χ0) is 11.6. The molecule has 0 radical (unpaired) electrons. The maximum absolute atomic E-state index is 12.5. The summed E-state index contributed by atoms with van der Waals surface area (Å²) in [5.74, 6) is 0. The number of halogens is 3. The van der Waals surface area contributed by atoms with Crippen LogP contribution in [0, 0.1) is 0 Å². The van der Waals surface area contributed by atoms with E-state index in [1.165, 1.54) is 4.68 Å². The van der Waals surface area contributed by atoms with Gasteiger partial charge in [0, 0.05) is 0 Å². The van der Waals surface area contributed by atoms with Crippen molar-refractivity contribution in [2.24, 2.45) is 0 Å². The van der Waals surface area contributed by atoms with Gasteiger partial charge in [-0.25, -0.2) is 8.78 Å². The van der Waals surface area contributed by atoms with Crippen LogP contribution in [0.2, 0.25) is 5.15 Å². The van der Waals surface area contributed by atoms with Crippen LogP contribution in [0.1, 0.15) is 48.8 Å². The smallest absolute Gasteiger partial charge is 0.282 e. The molecule has 1 aromatic rings. The van der Waals surface area contributed by atoms with Gasteiger partial charge < -0.3 is 0 Å². The molecular weight excluding hydrogens is 226 g/mol. The molecule has 15 heavy (non-hydrogen) atoms. The Kier molecular flexibility index (Phi) is 3.79. The second kappa shape index (κ2) is 4.70. The van der Waals surface area contributed by atoms with Crippen molar-refractivity contribution < 1.29 is 13.6 Å². The van der Waals surface area contributed by atoms with Crippen molar-refractivity contribution in [2.45, 2.75) is 32.7 Å². The minimum atomic E-state index is -2.78. The standard InChI is InChI=1S/C9H11ClF2N2O/c1-3-5(2)14-8(10)6(4-15)7(13-14)9(11)12/h4-5,9H,3H2,1-2H3. The molecule has 0 aliphatic carbocycles. The largest absolute Gasteiger partial charge is 0.298 e. The van der Waals surface area contributed by atoms with Crippen LogP contribution in [-0.4, -0.2) is 16.1 Å². The van der Waals surface area contributed by atoms with Crippen LogP contribution in [-0.2, 0) is 0 Å². The molecule has 0 saturated carbocycles. The summed E-state index contributed by atoms with van der Waals surface area (Å²) < 4.78 is 26.2. The Morgan fingerprint density at radius 3 is 2.53 bits per heavy atom. The van der Waals surface area contributed by atoms with Gasteiger partial charge in [0.25, 0.3) is 6.43 Å². The first kappa shape index (κ1) is 12.1. The molecule has 0 fully saturated rings.